The van der Waals surface area contributed by atoms with Crippen molar-refractivity contribution in [2.45, 2.75) is 25.8 Å². The molecular formula is C13H17N3O2. The van der Waals surface area contributed by atoms with Gasteiger partial charge in [-0.15, -0.1) is 0 Å². The van der Waals surface area contributed by atoms with E-state index in [-0.39, 0.29) is 17.9 Å². The van der Waals surface area contributed by atoms with Gasteiger partial charge in [-0.3, -0.25) is 9.59 Å². The number of rotatable bonds is 2. The van der Waals surface area contributed by atoms with Crippen LogP contribution in [0.25, 0.3) is 0 Å². The number of carbonyl (C=O) groups is 2. The Labute approximate surface area is 106 Å². The van der Waals surface area contributed by atoms with Gasteiger partial charge in [-0.25, -0.2) is 0 Å². The van der Waals surface area contributed by atoms with E-state index in [1.54, 1.807) is 12.1 Å². The number of benzene rings is 1. The maximum Gasteiger partial charge on any atom is 0.253 e. The Bertz CT molecular complexity index is 475. The van der Waals surface area contributed by atoms with Gasteiger partial charge in [-0.05, 0) is 25.5 Å². The number of nitrogens with one attached hydrogen (secondary N) is 2. The molecule has 5 nitrogen and oxygen atoms in total. The topological polar surface area (TPSA) is 84.2 Å². The summed E-state index contributed by atoms with van der Waals surface area (Å²) in [6.07, 6.45) is 1.12. The van der Waals surface area contributed by atoms with E-state index in [1.165, 1.54) is 0 Å². The fourth-order valence-electron chi connectivity index (χ4n) is 1.99. The third-order valence-electron chi connectivity index (χ3n) is 3.05. The quantitative estimate of drug-likeness (QED) is 0.669. The molecular weight excluding hydrogens is 230 g/mol. The van der Waals surface area contributed by atoms with E-state index in [2.05, 4.69) is 10.6 Å². The summed E-state index contributed by atoms with van der Waals surface area (Å²) in [4.78, 5) is 23.1. The first kappa shape index (κ1) is 12.4. The number of hydrogen-bond donors (Lipinski definition) is 3. The van der Waals surface area contributed by atoms with Crippen LogP contribution < -0.4 is 16.4 Å². The highest BCUT2D eigenvalue weighted by Gasteiger charge is 2.20. The highest BCUT2D eigenvalue weighted by atomic mass is 16.2. The predicted octanol–water partition coefficient (Wildman–Crippen LogP) is 0.586. The number of carbonyl (C=O) groups excluding carboxylic acids is 2. The van der Waals surface area contributed by atoms with E-state index >= 15 is 0 Å². The van der Waals surface area contributed by atoms with E-state index in [0.29, 0.717) is 30.6 Å². The Balaban J connectivity index is 2.03. The minimum absolute atomic E-state index is 0.0184. The van der Waals surface area contributed by atoms with Crippen LogP contribution in [0.2, 0.25) is 0 Å². The summed E-state index contributed by atoms with van der Waals surface area (Å²) < 4.78 is 0. The Hall–Kier alpha value is -2.04. The van der Waals surface area contributed by atoms with Crippen molar-refractivity contribution in [2.75, 3.05) is 12.3 Å². The third-order valence-corrected chi connectivity index (χ3v) is 3.05. The average Bonchev–Trinajstić information content (AvgIpc) is 2.35. The molecule has 5 heteroatoms. The van der Waals surface area contributed by atoms with Gasteiger partial charge in [0.25, 0.3) is 5.91 Å². The lowest BCUT2D eigenvalue weighted by molar-refractivity contribution is -0.122. The molecule has 2 amide bonds. The van der Waals surface area contributed by atoms with Crippen LogP contribution in [0.1, 0.15) is 28.8 Å². The molecule has 1 aromatic rings. The molecule has 0 aromatic heterocycles. The first-order valence-corrected chi connectivity index (χ1v) is 6.00. The van der Waals surface area contributed by atoms with Crippen molar-refractivity contribution in [1.29, 1.82) is 0 Å². The molecule has 1 unspecified atom stereocenters. The SMILES string of the molecule is Cc1ccc(N)c(C(=O)NC2CCC(=O)NC2)c1. The number of anilines is 1. The van der Waals surface area contributed by atoms with Gasteiger partial charge in [0.2, 0.25) is 5.91 Å². The molecule has 2 rings (SSSR count). The summed E-state index contributed by atoms with van der Waals surface area (Å²) >= 11 is 0. The Morgan fingerprint density at radius 3 is 2.94 bits per heavy atom. The fourth-order valence-corrected chi connectivity index (χ4v) is 1.99. The molecule has 1 saturated heterocycles. The molecule has 0 saturated carbocycles. The molecule has 1 aliphatic rings. The average molecular weight is 247 g/mol. The Kier molecular flexibility index (Phi) is 3.50. The van der Waals surface area contributed by atoms with Crippen LogP contribution >= 0.6 is 0 Å². The van der Waals surface area contributed by atoms with Gasteiger partial charge in [0.1, 0.15) is 0 Å². The maximum atomic E-state index is 12.1. The van der Waals surface area contributed by atoms with E-state index in [1.807, 2.05) is 13.0 Å². The van der Waals surface area contributed by atoms with Crippen LogP contribution in [-0.4, -0.2) is 24.4 Å². The molecule has 18 heavy (non-hydrogen) atoms. The molecule has 96 valence electrons. The van der Waals surface area contributed by atoms with Crippen molar-refractivity contribution in [2.24, 2.45) is 0 Å². The van der Waals surface area contributed by atoms with Crippen molar-refractivity contribution < 1.29 is 9.59 Å². The fraction of sp³-hybridized carbons (Fsp3) is 0.385. The summed E-state index contributed by atoms with van der Waals surface area (Å²) in [5.41, 5.74) is 7.74. The number of nitrogens with two attached hydrogens (primary N) is 1. The summed E-state index contributed by atoms with van der Waals surface area (Å²) in [5, 5.41) is 5.62. The molecule has 0 spiro atoms. The summed E-state index contributed by atoms with van der Waals surface area (Å²) in [5.74, 6) is -0.145. The second kappa shape index (κ2) is 5.08. The zero-order valence-corrected chi connectivity index (χ0v) is 10.3. The Morgan fingerprint density at radius 1 is 1.50 bits per heavy atom. The Morgan fingerprint density at radius 2 is 2.28 bits per heavy atom. The molecule has 1 aliphatic heterocycles. The molecule has 0 radical (unpaired) electrons. The second-order valence-electron chi connectivity index (χ2n) is 4.60. The summed E-state index contributed by atoms with van der Waals surface area (Å²) in [7, 11) is 0. The van der Waals surface area contributed by atoms with Crippen LogP contribution in [0.4, 0.5) is 5.69 Å². The normalized spacial score (nSPS) is 19.2. The largest absolute Gasteiger partial charge is 0.398 e. The van der Waals surface area contributed by atoms with Gasteiger partial charge in [0.05, 0.1) is 5.56 Å². The number of hydrogen-bond acceptors (Lipinski definition) is 3. The van der Waals surface area contributed by atoms with Gasteiger partial charge in [-0.1, -0.05) is 11.6 Å². The van der Waals surface area contributed by atoms with Crippen LogP contribution in [0.15, 0.2) is 18.2 Å². The van der Waals surface area contributed by atoms with Crippen molar-refractivity contribution in [3.05, 3.63) is 29.3 Å². The smallest absolute Gasteiger partial charge is 0.253 e. The zero-order chi connectivity index (χ0) is 13.1. The van der Waals surface area contributed by atoms with Gasteiger partial charge >= 0.3 is 0 Å². The van der Waals surface area contributed by atoms with Crippen LogP contribution in [0.3, 0.4) is 0 Å². The van der Waals surface area contributed by atoms with Crippen molar-refractivity contribution in [3.8, 4) is 0 Å². The predicted molar refractivity (Wildman–Crippen MR) is 69.1 cm³/mol. The lowest BCUT2D eigenvalue weighted by Gasteiger charge is -2.23. The minimum atomic E-state index is -0.183. The summed E-state index contributed by atoms with van der Waals surface area (Å²) in [6, 6.07) is 5.35. The molecule has 1 fully saturated rings. The second-order valence-corrected chi connectivity index (χ2v) is 4.60. The van der Waals surface area contributed by atoms with Gasteiger partial charge in [-0.2, -0.15) is 0 Å². The number of nitrogen functional groups attached to an aromatic ring is 1. The van der Waals surface area contributed by atoms with Crippen LogP contribution in [0, 0.1) is 6.92 Å². The number of amides is 2. The standard InChI is InChI=1S/C13H17N3O2/c1-8-2-4-11(14)10(6-8)13(18)16-9-3-5-12(17)15-7-9/h2,4,6,9H,3,5,7,14H2,1H3,(H,15,17)(H,16,18). The minimum Gasteiger partial charge on any atom is -0.398 e. The van der Waals surface area contributed by atoms with Gasteiger partial charge in [0.15, 0.2) is 0 Å². The van der Waals surface area contributed by atoms with Crippen molar-refractivity contribution in [1.82, 2.24) is 10.6 Å². The van der Waals surface area contributed by atoms with Gasteiger partial charge < -0.3 is 16.4 Å². The summed E-state index contributed by atoms with van der Waals surface area (Å²) in [6.45, 7) is 2.40. The molecule has 4 N–H and O–H groups in total. The van der Waals surface area contributed by atoms with Crippen molar-refractivity contribution >= 4 is 17.5 Å². The maximum absolute atomic E-state index is 12.1. The molecule has 0 aliphatic carbocycles. The lowest BCUT2D eigenvalue weighted by atomic mass is 10.0. The van der Waals surface area contributed by atoms with E-state index in [4.69, 9.17) is 5.73 Å². The molecule has 0 bridgehead atoms. The van der Waals surface area contributed by atoms with Crippen molar-refractivity contribution in [3.63, 3.8) is 0 Å². The number of aryl methyl sites for hydroxylation is 1. The van der Waals surface area contributed by atoms with Crippen LogP contribution in [-0.2, 0) is 4.79 Å². The van der Waals surface area contributed by atoms with E-state index in [0.717, 1.165) is 5.56 Å². The monoisotopic (exact) mass is 247 g/mol. The van der Waals surface area contributed by atoms with E-state index in [9.17, 15) is 9.59 Å². The molecule has 1 heterocycles. The first-order chi connectivity index (χ1) is 8.56. The molecule has 1 aromatic carbocycles. The number of piperidine rings is 1. The van der Waals surface area contributed by atoms with E-state index < -0.39 is 0 Å². The highest BCUT2D eigenvalue weighted by Crippen LogP contribution is 2.14. The third kappa shape index (κ3) is 2.80. The first-order valence-electron chi connectivity index (χ1n) is 6.00. The highest BCUT2D eigenvalue weighted by molar-refractivity contribution is 5.99. The lowest BCUT2D eigenvalue weighted by Crippen LogP contribution is -2.47. The molecule has 1 atom stereocenters. The van der Waals surface area contributed by atoms with Crippen LogP contribution in [0.5, 0.6) is 0 Å². The van der Waals surface area contributed by atoms with Gasteiger partial charge in [0, 0.05) is 24.7 Å². The zero-order valence-electron chi connectivity index (χ0n) is 10.3.